The van der Waals surface area contributed by atoms with Crippen LogP contribution >= 0.6 is 0 Å². The number of nitrogens with zero attached hydrogens (tertiary/aromatic N) is 4. The van der Waals surface area contributed by atoms with Crippen LogP contribution in [0.2, 0.25) is 0 Å². The van der Waals surface area contributed by atoms with Crippen molar-refractivity contribution < 1.29 is 14.3 Å². The fourth-order valence-electron chi connectivity index (χ4n) is 2.44. The fraction of sp³-hybridized carbons (Fsp3) is 0.176. The zero-order valence-corrected chi connectivity index (χ0v) is 13.4. The number of benzene rings is 2. The number of anilines is 1. The van der Waals surface area contributed by atoms with Gasteiger partial charge in [-0.05, 0) is 41.1 Å². The zero-order valence-electron chi connectivity index (χ0n) is 13.4. The standard InChI is InChI=1S/C17H16FN5O2/c1-17(25,12-5-3-2-4-6-12)10-16(24)20-15-9-13(7-8-14(15)18)23-11-19-21-22-23/h2-9,11,25H,10H2,1H3,(H,20,24). The average Bonchev–Trinajstić information content (AvgIpc) is 3.12. The minimum atomic E-state index is -1.37. The zero-order chi connectivity index (χ0) is 17.9. The maximum Gasteiger partial charge on any atom is 0.227 e. The van der Waals surface area contributed by atoms with Crippen molar-refractivity contribution >= 4 is 11.6 Å². The molecule has 0 aliphatic carbocycles. The topological polar surface area (TPSA) is 92.9 Å². The maximum absolute atomic E-state index is 14.0. The molecule has 0 aliphatic rings. The predicted octanol–water partition coefficient (Wildman–Crippen LogP) is 2.04. The third kappa shape index (κ3) is 3.86. The van der Waals surface area contributed by atoms with Crippen molar-refractivity contribution in [1.82, 2.24) is 20.2 Å². The number of halogens is 1. The van der Waals surface area contributed by atoms with Crippen molar-refractivity contribution in [2.75, 3.05) is 5.32 Å². The van der Waals surface area contributed by atoms with Gasteiger partial charge in [0.2, 0.25) is 5.91 Å². The van der Waals surface area contributed by atoms with E-state index < -0.39 is 17.3 Å². The van der Waals surface area contributed by atoms with Gasteiger partial charge in [-0.25, -0.2) is 9.07 Å². The van der Waals surface area contributed by atoms with E-state index in [1.165, 1.54) is 36.1 Å². The Morgan fingerprint density at radius 1 is 1.28 bits per heavy atom. The number of aromatic nitrogens is 4. The molecule has 3 rings (SSSR count). The second kappa shape index (κ2) is 6.78. The van der Waals surface area contributed by atoms with E-state index in [4.69, 9.17) is 0 Å². The molecule has 128 valence electrons. The van der Waals surface area contributed by atoms with Crippen LogP contribution in [0.4, 0.5) is 10.1 Å². The van der Waals surface area contributed by atoms with Crippen molar-refractivity contribution in [3.8, 4) is 5.69 Å². The lowest BCUT2D eigenvalue weighted by Crippen LogP contribution is -2.28. The molecule has 0 saturated carbocycles. The number of rotatable bonds is 5. The minimum absolute atomic E-state index is 0.0122. The second-order valence-electron chi connectivity index (χ2n) is 5.78. The maximum atomic E-state index is 14.0. The summed E-state index contributed by atoms with van der Waals surface area (Å²) in [6.45, 7) is 1.54. The number of hydrogen-bond donors (Lipinski definition) is 2. The van der Waals surface area contributed by atoms with E-state index in [0.717, 1.165) is 0 Å². The van der Waals surface area contributed by atoms with E-state index in [1.807, 2.05) is 6.07 Å². The molecular weight excluding hydrogens is 325 g/mol. The molecule has 0 spiro atoms. The Hall–Kier alpha value is -3.13. The molecule has 0 fully saturated rings. The van der Waals surface area contributed by atoms with Crippen LogP contribution in [0.25, 0.3) is 5.69 Å². The first-order valence-corrected chi connectivity index (χ1v) is 7.56. The summed E-state index contributed by atoms with van der Waals surface area (Å²) in [7, 11) is 0. The molecule has 1 amide bonds. The summed E-state index contributed by atoms with van der Waals surface area (Å²) in [4.78, 5) is 12.3. The molecule has 1 atom stereocenters. The Bertz CT molecular complexity index is 866. The highest BCUT2D eigenvalue weighted by molar-refractivity contribution is 5.91. The van der Waals surface area contributed by atoms with Crippen LogP contribution < -0.4 is 5.32 Å². The Kier molecular flexibility index (Phi) is 4.53. The summed E-state index contributed by atoms with van der Waals surface area (Å²) in [5, 5.41) is 23.7. The van der Waals surface area contributed by atoms with Gasteiger partial charge in [-0.15, -0.1) is 5.10 Å². The van der Waals surface area contributed by atoms with E-state index in [0.29, 0.717) is 11.3 Å². The first-order valence-electron chi connectivity index (χ1n) is 7.56. The Morgan fingerprint density at radius 2 is 2.04 bits per heavy atom. The molecule has 0 saturated heterocycles. The number of tetrazole rings is 1. The van der Waals surface area contributed by atoms with Crippen LogP contribution in [-0.4, -0.2) is 31.2 Å². The van der Waals surface area contributed by atoms with E-state index in [-0.39, 0.29) is 12.1 Å². The van der Waals surface area contributed by atoms with Crippen LogP contribution in [0.15, 0.2) is 54.9 Å². The highest BCUT2D eigenvalue weighted by atomic mass is 19.1. The molecule has 1 heterocycles. The normalized spacial score (nSPS) is 13.2. The highest BCUT2D eigenvalue weighted by Crippen LogP contribution is 2.25. The Balaban J connectivity index is 1.76. The van der Waals surface area contributed by atoms with Gasteiger partial charge in [0.15, 0.2) is 0 Å². The summed E-state index contributed by atoms with van der Waals surface area (Å²) in [5.41, 5.74) is -0.277. The van der Waals surface area contributed by atoms with Gasteiger partial charge < -0.3 is 10.4 Å². The van der Waals surface area contributed by atoms with E-state index in [1.54, 1.807) is 24.3 Å². The Labute approximate surface area is 143 Å². The van der Waals surface area contributed by atoms with Crippen LogP contribution in [0.3, 0.4) is 0 Å². The lowest BCUT2D eigenvalue weighted by molar-refractivity contribution is -0.120. The van der Waals surface area contributed by atoms with Gasteiger partial charge in [-0.3, -0.25) is 4.79 Å². The van der Waals surface area contributed by atoms with Crippen LogP contribution in [0.5, 0.6) is 0 Å². The van der Waals surface area contributed by atoms with E-state index >= 15 is 0 Å². The molecule has 0 bridgehead atoms. The summed E-state index contributed by atoms with van der Waals surface area (Å²) < 4.78 is 15.3. The van der Waals surface area contributed by atoms with Crippen LogP contribution in [0.1, 0.15) is 18.9 Å². The number of nitrogens with one attached hydrogen (secondary N) is 1. The summed E-state index contributed by atoms with van der Waals surface area (Å²) in [5.74, 6) is -1.11. The number of carbonyl (C=O) groups excluding carboxylic acids is 1. The number of amides is 1. The van der Waals surface area contributed by atoms with Crippen molar-refractivity contribution in [2.24, 2.45) is 0 Å². The van der Waals surface area contributed by atoms with Gasteiger partial charge in [0.25, 0.3) is 0 Å². The molecule has 8 heteroatoms. The smallest absolute Gasteiger partial charge is 0.227 e. The molecule has 25 heavy (non-hydrogen) atoms. The predicted molar refractivity (Wildman–Crippen MR) is 88.4 cm³/mol. The molecule has 0 aliphatic heterocycles. The van der Waals surface area contributed by atoms with E-state index in [2.05, 4.69) is 20.8 Å². The molecular formula is C17H16FN5O2. The minimum Gasteiger partial charge on any atom is -0.385 e. The fourth-order valence-corrected chi connectivity index (χ4v) is 2.44. The van der Waals surface area contributed by atoms with Gasteiger partial charge in [0.05, 0.1) is 23.4 Å². The van der Waals surface area contributed by atoms with Crippen molar-refractivity contribution in [3.05, 3.63) is 66.2 Å². The SMILES string of the molecule is CC(O)(CC(=O)Nc1cc(-n2cnnn2)ccc1F)c1ccccc1. The monoisotopic (exact) mass is 341 g/mol. The van der Waals surface area contributed by atoms with E-state index in [9.17, 15) is 14.3 Å². The van der Waals surface area contributed by atoms with Crippen molar-refractivity contribution in [2.45, 2.75) is 18.9 Å². The largest absolute Gasteiger partial charge is 0.385 e. The lowest BCUT2D eigenvalue weighted by atomic mass is 9.92. The molecule has 2 aromatic carbocycles. The van der Waals surface area contributed by atoms with Crippen LogP contribution in [0, 0.1) is 5.82 Å². The van der Waals surface area contributed by atoms with Gasteiger partial charge in [0, 0.05) is 0 Å². The van der Waals surface area contributed by atoms with Gasteiger partial charge in [0.1, 0.15) is 12.1 Å². The van der Waals surface area contributed by atoms with Crippen LogP contribution in [-0.2, 0) is 10.4 Å². The molecule has 1 aromatic heterocycles. The first-order chi connectivity index (χ1) is 12.0. The third-order valence-electron chi connectivity index (χ3n) is 3.74. The summed E-state index contributed by atoms with van der Waals surface area (Å²) in [6.07, 6.45) is 1.14. The van der Waals surface area contributed by atoms with Gasteiger partial charge in [-0.1, -0.05) is 30.3 Å². The number of carbonyl (C=O) groups is 1. The molecule has 2 N–H and O–H groups in total. The van der Waals surface area contributed by atoms with Crippen molar-refractivity contribution in [3.63, 3.8) is 0 Å². The van der Waals surface area contributed by atoms with Gasteiger partial charge >= 0.3 is 0 Å². The lowest BCUT2D eigenvalue weighted by Gasteiger charge is -2.23. The molecule has 1 unspecified atom stereocenters. The first kappa shape index (κ1) is 16.7. The number of hydrogen-bond acceptors (Lipinski definition) is 5. The van der Waals surface area contributed by atoms with Crippen molar-refractivity contribution in [1.29, 1.82) is 0 Å². The summed E-state index contributed by atoms with van der Waals surface area (Å²) >= 11 is 0. The number of aliphatic hydroxyl groups is 1. The van der Waals surface area contributed by atoms with Gasteiger partial charge in [-0.2, -0.15) is 0 Å². The molecule has 7 nitrogen and oxygen atoms in total. The summed E-state index contributed by atoms with van der Waals surface area (Å²) in [6, 6.07) is 12.9. The molecule has 3 aromatic rings. The quantitative estimate of drug-likeness (QED) is 0.741. The Morgan fingerprint density at radius 3 is 2.72 bits per heavy atom. The molecule has 0 radical (unpaired) electrons. The average molecular weight is 341 g/mol. The second-order valence-corrected chi connectivity index (χ2v) is 5.78. The third-order valence-corrected chi connectivity index (χ3v) is 3.74. The highest BCUT2D eigenvalue weighted by Gasteiger charge is 2.26.